The van der Waals surface area contributed by atoms with E-state index in [2.05, 4.69) is 10.6 Å². The highest BCUT2D eigenvalue weighted by atomic mass is 16.5. The molecule has 5 nitrogen and oxygen atoms in total. The van der Waals surface area contributed by atoms with Crippen molar-refractivity contribution >= 4 is 11.6 Å². The molecule has 5 heteroatoms. The Hall–Kier alpha value is -1.75. The van der Waals surface area contributed by atoms with Gasteiger partial charge in [0.05, 0.1) is 13.2 Å². The smallest absolute Gasteiger partial charge is 0.221 e. The van der Waals surface area contributed by atoms with Gasteiger partial charge in [-0.3, -0.25) is 4.79 Å². The first-order valence-electron chi connectivity index (χ1n) is 7.04. The molecule has 1 fully saturated rings. The van der Waals surface area contributed by atoms with Crippen molar-refractivity contribution in [3.63, 3.8) is 0 Å². The monoisotopic (exact) mass is 278 g/mol. The molecule has 0 saturated carbocycles. The Morgan fingerprint density at radius 3 is 2.85 bits per heavy atom. The molecule has 1 aliphatic heterocycles. The summed E-state index contributed by atoms with van der Waals surface area (Å²) in [7, 11) is 1.64. The Kier molecular flexibility index (Phi) is 5.68. The molecule has 1 amide bonds. The number of nitrogens with one attached hydrogen (secondary N) is 2. The zero-order chi connectivity index (χ0) is 14.2. The van der Waals surface area contributed by atoms with E-state index in [0.717, 1.165) is 30.9 Å². The Morgan fingerprint density at radius 1 is 1.40 bits per heavy atom. The SMILES string of the molecule is COc1ccc(NCCC(=O)NCC2CCCO2)cc1. The zero-order valence-electron chi connectivity index (χ0n) is 11.9. The molecule has 20 heavy (non-hydrogen) atoms. The molecule has 2 rings (SSSR count). The van der Waals surface area contributed by atoms with E-state index in [9.17, 15) is 4.79 Å². The van der Waals surface area contributed by atoms with Crippen LogP contribution in [0.4, 0.5) is 5.69 Å². The maximum atomic E-state index is 11.7. The molecule has 0 aliphatic carbocycles. The average Bonchev–Trinajstić information content (AvgIpc) is 2.99. The molecule has 1 saturated heterocycles. The summed E-state index contributed by atoms with van der Waals surface area (Å²) >= 11 is 0. The summed E-state index contributed by atoms with van der Waals surface area (Å²) < 4.78 is 10.5. The summed E-state index contributed by atoms with van der Waals surface area (Å²) in [4.78, 5) is 11.7. The van der Waals surface area contributed by atoms with Crippen molar-refractivity contribution in [3.8, 4) is 5.75 Å². The molecular formula is C15H22N2O3. The third kappa shape index (κ3) is 4.74. The van der Waals surface area contributed by atoms with Crippen LogP contribution in [0.1, 0.15) is 19.3 Å². The minimum Gasteiger partial charge on any atom is -0.497 e. The fraction of sp³-hybridized carbons (Fsp3) is 0.533. The molecule has 110 valence electrons. The molecule has 1 unspecified atom stereocenters. The Balaban J connectivity index is 1.60. The van der Waals surface area contributed by atoms with Gasteiger partial charge in [0.1, 0.15) is 5.75 Å². The number of hydrogen-bond donors (Lipinski definition) is 2. The fourth-order valence-electron chi connectivity index (χ4n) is 2.15. The average molecular weight is 278 g/mol. The number of rotatable bonds is 7. The van der Waals surface area contributed by atoms with Gasteiger partial charge >= 0.3 is 0 Å². The lowest BCUT2D eigenvalue weighted by Gasteiger charge is -2.11. The number of hydrogen-bond acceptors (Lipinski definition) is 4. The van der Waals surface area contributed by atoms with E-state index in [-0.39, 0.29) is 12.0 Å². The number of amides is 1. The van der Waals surface area contributed by atoms with Crippen LogP contribution in [-0.2, 0) is 9.53 Å². The van der Waals surface area contributed by atoms with Gasteiger partial charge < -0.3 is 20.1 Å². The minimum atomic E-state index is 0.0570. The minimum absolute atomic E-state index is 0.0570. The molecule has 2 N–H and O–H groups in total. The van der Waals surface area contributed by atoms with Crippen molar-refractivity contribution in [2.24, 2.45) is 0 Å². The van der Waals surface area contributed by atoms with Crippen molar-refractivity contribution in [2.75, 3.05) is 32.1 Å². The van der Waals surface area contributed by atoms with E-state index in [1.54, 1.807) is 7.11 Å². The third-order valence-corrected chi connectivity index (χ3v) is 3.32. The number of carbonyl (C=O) groups is 1. The van der Waals surface area contributed by atoms with Gasteiger partial charge in [0, 0.05) is 31.8 Å². The summed E-state index contributed by atoms with van der Waals surface area (Å²) in [6, 6.07) is 7.64. The first-order valence-corrected chi connectivity index (χ1v) is 7.04. The molecule has 0 spiro atoms. The number of methoxy groups -OCH3 is 1. The van der Waals surface area contributed by atoms with Crippen LogP contribution in [0.3, 0.4) is 0 Å². The summed E-state index contributed by atoms with van der Waals surface area (Å²) in [5.41, 5.74) is 0.984. The summed E-state index contributed by atoms with van der Waals surface area (Å²) in [5, 5.41) is 6.11. The number of anilines is 1. The van der Waals surface area contributed by atoms with Crippen LogP contribution in [-0.4, -0.2) is 38.8 Å². The standard InChI is InChI=1S/C15H22N2O3/c1-19-13-6-4-12(5-7-13)16-9-8-15(18)17-11-14-3-2-10-20-14/h4-7,14,16H,2-3,8-11H2,1H3,(H,17,18). The quantitative estimate of drug-likeness (QED) is 0.798. The van der Waals surface area contributed by atoms with E-state index in [1.807, 2.05) is 24.3 Å². The molecule has 1 aromatic carbocycles. The lowest BCUT2D eigenvalue weighted by molar-refractivity contribution is -0.121. The zero-order valence-corrected chi connectivity index (χ0v) is 11.9. The molecular weight excluding hydrogens is 256 g/mol. The van der Waals surface area contributed by atoms with Crippen LogP contribution in [0, 0.1) is 0 Å². The van der Waals surface area contributed by atoms with Crippen LogP contribution in [0.25, 0.3) is 0 Å². The summed E-state index contributed by atoms with van der Waals surface area (Å²) in [5.74, 6) is 0.881. The highest BCUT2D eigenvalue weighted by molar-refractivity contribution is 5.76. The molecule has 1 aromatic rings. The third-order valence-electron chi connectivity index (χ3n) is 3.32. The van der Waals surface area contributed by atoms with Gasteiger partial charge in [-0.25, -0.2) is 0 Å². The van der Waals surface area contributed by atoms with Crippen LogP contribution in [0.15, 0.2) is 24.3 Å². The van der Waals surface area contributed by atoms with Crippen molar-refractivity contribution in [1.29, 1.82) is 0 Å². The molecule has 0 bridgehead atoms. The van der Waals surface area contributed by atoms with Gasteiger partial charge in [0.25, 0.3) is 0 Å². The van der Waals surface area contributed by atoms with Crippen LogP contribution in [0.2, 0.25) is 0 Å². The van der Waals surface area contributed by atoms with Gasteiger partial charge in [-0.1, -0.05) is 0 Å². The molecule has 1 atom stereocenters. The van der Waals surface area contributed by atoms with E-state index in [4.69, 9.17) is 9.47 Å². The second-order valence-corrected chi connectivity index (χ2v) is 4.84. The van der Waals surface area contributed by atoms with E-state index < -0.39 is 0 Å². The van der Waals surface area contributed by atoms with Gasteiger partial charge in [0.15, 0.2) is 0 Å². The van der Waals surface area contributed by atoms with Crippen molar-refractivity contribution in [1.82, 2.24) is 5.32 Å². The van der Waals surface area contributed by atoms with Crippen LogP contribution < -0.4 is 15.4 Å². The lowest BCUT2D eigenvalue weighted by Crippen LogP contribution is -2.32. The predicted octanol–water partition coefficient (Wildman–Crippen LogP) is 1.79. The first kappa shape index (κ1) is 14.7. The molecule has 0 aromatic heterocycles. The Labute approximate surface area is 119 Å². The summed E-state index contributed by atoms with van der Waals surface area (Å²) in [6.07, 6.45) is 2.80. The predicted molar refractivity (Wildman–Crippen MR) is 78.1 cm³/mol. The van der Waals surface area contributed by atoms with Crippen molar-refractivity contribution < 1.29 is 14.3 Å². The van der Waals surface area contributed by atoms with Crippen LogP contribution in [0.5, 0.6) is 5.75 Å². The topological polar surface area (TPSA) is 59.6 Å². The normalized spacial score (nSPS) is 17.8. The summed E-state index contributed by atoms with van der Waals surface area (Å²) in [6.45, 7) is 2.06. The van der Waals surface area contributed by atoms with Crippen molar-refractivity contribution in [2.45, 2.75) is 25.4 Å². The maximum absolute atomic E-state index is 11.7. The highest BCUT2D eigenvalue weighted by Crippen LogP contribution is 2.14. The highest BCUT2D eigenvalue weighted by Gasteiger charge is 2.15. The van der Waals surface area contributed by atoms with Crippen LogP contribution >= 0.6 is 0 Å². The van der Waals surface area contributed by atoms with E-state index in [1.165, 1.54) is 0 Å². The Morgan fingerprint density at radius 2 is 2.20 bits per heavy atom. The van der Waals surface area contributed by atoms with Gasteiger partial charge in [-0.2, -0.15) is 0 Å². The Bertz CT molecular complexity index is 414. The van der Waals surface area contributed by atoms with E-state index in [0.29, 0.717) is 19.5 Å². The van der Waals surface area contributed by atoms with Gasteiger partial charge in [0.2, 0.25) is 5.91 Å². The molecule has 0 radical (unpaired) electrons. The lowest BCUT2D eigenvalue weighted by atomic mass is 10.2. The largest absolute Gasteiger partial charge is 0.497 e. The van der Waals surface area contributed by atoms with Crippen molar-refractivity contribution in [3.05, 3.63) is 24.3 Å². The van der Waals surface area contributed by atoms with E-state index >= 15 is 0 Å². The maximum Gasteiger partial charge on any atom is 0.221 e. The first-order chi connectivity index (χ1) is 9.78. The van der Waals surface area contributed by atoms with Gasteiger partial charge in [-0.15, -0.1) is 0 Å². The fourth-order valence-corrected chi connectivity index (χ4v) is 2.15. The number of ether oxygens (including phenoxy) is 2. The second-order valence-electron chi connectivity index (χ2n) is 4.84. The second kappa shape index (κ2) is 7.75. The van der Waals surface area contributed by atoms with Gasteiger partial charge in [-0.05, 0) is 37.1 Å². The number of carbonyl (C=O) groups excluding carboxylic acids is 1. The number of benzene rings is 1. The molecule has 1 aliphatic rings. The molecule has 1 heterocycles.